The molecule has 0 atom stereocenters. The number of non-ortho nitro benzene ring substituents is 1. The lowest BCUT2D eigenvalue weighted by atomic mass is 10.1. The van der Waals surface area contributed by atoms with E-state index in [1.54, 1.807) is 6.07 Å². The zero-order chi connectivity index (χ0) is 21.2. The van der Waals surface area contributed by atoms with Gasteiger partial charge in [-0.25, -0.2) is 9.18 Å². The van der Waals surface area contributed by atoms with Gasteiger partial charge in [-0.15, -0.1) is 0 Å². The molecular weight excluding hydrogens is 387 g/mol. The second-order valence-electron chi connectivity index (χ2n) is 5.79. The average Bonchev–Trinajstić information content (AvgIpc) is 2.68. The number of nitrogens with zero attached hydrogens (tertiary/aromatic N) is 1. The van der Waals surface area contributed by atoms with E-state index < -0.39 is 29.2 Å². The Balaban J connectivity index is 2.01. The summed E-state index contributed by atoms with van der Waals surface area (Å²) in [4.78, 5) is 34.1. The van der Waals surface area contributed by atoms with Crippen molar-refractivity contribution in [2.75, 3.05) is 32.2 Å². The van der Waals surface area contributed by atoms with Crippen molar-refractivity contribution >= 4 is 23.3 Å². The van der Waals surface area contributed by atoms with Crippen LogP contribution in [0.4, 0.5) is 15.8 Å². The molecule has 0 aromatic heterocycles. The monoisotopic (exact) mass is 406 g/mol. The number of halogens is 1. The normalized spacial score (nSPS) is 10.3. The summed E-state index contributed by atoms with van der Waals surface area (Å²) in [5.74, 6) is -1.85. The molecule has 0 saturated carbocycles. The number of amides is 1. The smallest absolute Gasteiger partial charge is 0.344 e. The SMILES string of the molecule is COCCOC(=O)COc1cc(F)ccc1NC(=O)Cc1cccc([N+](=O)[O-])c1. The van der Waals surface area contributed by atoms with Crippen molar-refractivity contribution in [1.82, 2.24) is 0 Å². The van der Waals surface area contributed by atoms with E-state index in [1.165, 1.54) is 31.4 Å². The number of benzene rings is 2. The van der Waals surface area contributed by atoms with Crippen LogP contribution in [0.5, 0.6) is 5.75 Å². The van der Waals surface area contributed by atoms with Gasteiger partial charge in [0.25, 0.3) is 5.69 Å². The molecule has 0 spiro atoms. The van der Waals surface area contributed by atoms with Gasteiger partial charge >= 0.3 is 5.97 Å². The molecule has 9 nitrogen and oxygen atoms in total. The van der Waals surface area contributed by atoms with E-state index in [2.05, 4.69) is 5.32 Å². The number of nitro benzene ring substituents is 1. The van der Waals surface area contributed by atoms with Gasteiger partial charge in [-0.2, -0.15) is 0 Å². The molecule has 29 heavy (non-hydrogen) atoms. The molecule has 1 amide bonds. The molecule has 2 aromatic carbocycles. The number of nitrogens with one attached hydrogen (secondary N) is 1. The van der Waals surface area contributed by atoms with Gasteiger partial charge in [-0.05, 0) is 17.7 Å². The zero-order valence-electron chi connectivity index (χ0n) is 15.6. The number of nitro groups is 1. The molecule has 0 aliphatic heterocycles. The molecule has 1 N–H and O–H groups in total. The first-order chi connectivity index (χ1) is 13.9. The predicted octanol–water partition coefficient (Wildman–Crippen LogP) is 2.48. The summed E-state index contributed by atoms with van der Waals surface area (Å²) >= 11 is 0. The Hall–Kier alpha value is -3.53. The Morgan fingerprint density at radius 3 is 2.69 bits per heavy atom. The third-order valence-electron chi connectivity index (χ3n) is 3.60. The third kappa shape index (κ3) is 7.18. The van der Waals surface area contributed by atoms with Crippen molar-refractivity contribution in [3.63, 3.8) is 0 Å². The highest BCUT2D eigenvalue weighted by Crippen LogP contribution is 2.26. The van der Waals surface area contributed by atoms with Gasteiger partial charge in [0.2, 0.25) is 5.91 Å². The van der Waals surface area contributed by atoms with Gasteiger partial charge in [-0.3, -0.25) is 14.9 Å². The van der Waals surface area contributed by atoms with Gasteiger partial charge in [0.1, 0.15) is 18.2 Å². The molecule has 0 saturated heterocycles. The van der Waals surface area contributed by atoms with E-state index in [9.17, 15) is 24.1 Å². The minimum Gasteiger partial charge on any atom is -0.480 e. The second kappa shape index (κ2) is 10.7. The highest BCUT2D eigenvalue weighted by atomic mass is 19.1. The summed E-state index contributed by atoms with van der Waals surface area (Å²) in [6, 6.07) is 9.08. The number of carbonyl (C=O) groups excluding carboxylic acids is 2. The second-order valence-corrected chi connectivity index (χ2v) is 5.79. The van der Waals surface area contributed by atoms with Gasteiger partial charge in [0.15, 0.2) is 6.61 Å². The highest BCUT2D eigenvalue weighted by molar-refractivity contribution is 5.93. The molecular formula is C19H19FN2O7. The fourth-order valence-electron chi connectivity index (χ4n) is 2.30. The molecule has 2 rings (SSSR count). The maximum Gasteiger partial charge on any atom is 0.344 e. The molecule has 0 heterocycles. The van der Waals surface area contributed by atoms with Crippen LogP contribution < -0.4 is 10.1 Å². The zero-order valence-corrected chi connectivity index (χ0v) is 15.6. The van der Waals surface area contributed by atoms with E-state index in [1.807, 2.05) is 0 Å². The fraction of sp³-hybridized carbons (Fsp3) is 0.263. The Labute approximate surface area is 165 Å². The van der Waals surface area contributed by atoms with Crippen LogP contribution in [0.25, 0.3) is 0 Å². The van der Waals surface area contributed by atoms with E-state index in [4.69, 9.17) is 14.2 Å². The fourth-order valence-corrected chi connectivity index (χ4v) is 2.30. The third-order valence-corrected chi connectivity index (χ3v) is 3.60. The van der Waals surface area contributed by atoms with E-state index in [0.717, 1.165) is 12.1 Å². The number of hydrogen-bond donors (Lipinski definition) is 1. The summed E-state index contributed by atoms with van der Waals surface area (Å²) in [6.07, 6.45) is -0.141. The topological polar surface area (TPSA) is 117 Å². The maximum atomic E-state index is 13.5. The molecule has 0 radical (unpaired) electrons. The average molecular weight is 406 g/mol. The number of anilines is 1. The van der Waals surface area contributed by atoms with E-state index in [-0.39, 0.29) is 36.8 Å². The Morgan fingerprint density at radius 1 is 1.17 bits per heavy atom. The summed E-state index contributed by atoms with van der Waals surface area (Å²) in [5, 5.41) is 13.4. The number of methoxy groups -OCH3 is 1. The van der Waals surface area contributed by atoms with Crippen molar-refractivity contribution in [2.45, 2.75) is 6.42 Å². The van der Waals surface area contributed by atoms with Crippen LogP contribution in [0.1, 0.15) is 5.56 Å². The van der Waals surface area contributed by atoms with Crippen molar-refractivity contribution in [1.29, 1.82) is 0 Å². The Bertz CT molecular complexity index is 889. The lowest BCUT2D eigenvalue weighted by Crippen LogP contribution is -2.19. The van der Waals surface area contributed by atoms with Crippen molar-refractivity contribution in [3.05, 3.63) is 64.0 Å². The van der Waals surface area contributed by atoms with Crippen LogP contribution in [0.3, 0.4) is 0 Å². The Kier molecular flexibility index (Phi) is 8.04. The van der Waals surface area contributed by atoms with Crippen LogP contribution >= 0.6 is 0 Å². The first kappa shape index (κ1) is 21.8. The number of esters is 1. The van der Waals surface area contributed by atoms with E-state index in [0.29, 0.717) is 5.56 Å². The lowest BCUT2D eigenvalue weighted by Gasteiger charge is -2.12. The van der Waals surface area contributed by atoms with Gasteiger partial charge in [0, 0.05) is 25.3 Å². The number of ether oxygens (including phenoxy) is 3. The van der Waals surface area contributed by atoms with Crippen molar-refractivity contribution in [3.8, 4) is 5.75 Å². The minimum absolute atomic E-state index is 0.0502. The number of hydrogen-bond acceptors (Lipinski definition) is 7. The maximum absolute atomic E-state index is 13.5. The van der Waals surface area contributed by atoms with Crippen LogP contribution in [0, 0.1) is 15.9 Å². The predicted molar refractivity (Wildman–Crippen MR) is 100 cm³/mol. The molecule has 0 fully saturated rings. The molecule has 10 heteroatoms. The summed E-state index contributed by atoms with van der Waals surface area (Å²) in [7, 11) is 1.46. The highest BCUT2D eigenvalue weighted by Gasteiger charge is 2.14. The molecule has 0 aliphatic carbocycles. The lowest BCUT2D eigenvalue weighted by molar-refractivity contribution is -0.384. The summed E-state index contributed by atoms with van der Waals surface area (Å²) in [5.41, 5.74) is 0.447. The van der Waals surface area contributed by atoms with Crippen LogP contribution in [-0.4, -0.2) is 43.7 Å². The summed E-state index contributed by atoms with van der Waals surface area (Å²) in [6.45, 7) is -0.208. The molecule has 2 aromatic rings. The minimum atomic E-state index is -0.680. The van der Waals surface area contributed by atoms with Gasteiger partial charge in [0.05, 0.1) is 23.6 Å². The standard InChI is InChI=1S/C19H19FN2O7/c1-27-7-8-28-19(24)12-29-17-11-14(20)5-6-16(17)21-18(23)10-13-3-2-4-15(9-13)22(25)26/h2-6,9,11H,7-8,10,12H2,1H3,(H,21,23). The van der Waals surface area contributed by atoms with Crippen molar-refractivity contribution < 1.29 is 33.1 Å². The molecule has 0 aliphatic rings. The van der Waals surface area contributed by atoms with Crippen molar-refractivity contribution in [2.24, 2.45) is 0 Å². The van der Waals surface area contributed by atoms with Crippen LogP contribution in [-0.2, 0) is 25.5 Å². The van der Waals surface area contributed by atoms with Crippen LogP contribution in [0.15, 0.2) is 42.5 Å². The Morgan fingerprint density at radius 2 is 1.97 bits per heavy atom. The van der Waals surface area contributed by atoms with Gasteiger partial charge in [-0.1, -0.05) is 12.1 Å². The number of rotatable bonds is 10. The molecule has 0 bridgehead atoms. The van der Waals surface area contributed by atoms with Crippen LogP contribution in [0.2, 0.25) is 0 Å². The first-order valence-electron chi connectivity index (χ1n) is 8.49. The largest absolute Gasteiger partial charge is 0.480 e. The molecule has 154 valence electrons. The quantitative estimate of drug-likeness (QED) is 0.279. The van der Waals surface area contributed by atoms with Gasteiger partial charge < -0.3 is 19.5 Å². The first-order valence-corrected chi connectivity index (χ1v) is 8.49. The summed E-state index contributed by atoms with van der Waals surface area (Å²) < 4.78 is 28.4. The number of carbonyl (C=O) groups is 2. The molecule has 0 unspecified atom stereocenters. The van der Waals surface area contributed by atoms with E-state index >= 15 is 0 Å².